The van der Waals surface area contributed by atoms with Gasteiger partial charge in [0.2, 0.25) is 0 Å². The predicted molar refractivity (Wildman–Crippen MR) is 73.0 cm³/mol. The normalized spacial score (nSPS) is 15.8. The van der Waals surface area contributed by atoms with E-state index in [0.29, 0.717) is 0 Å². The fourth-order valence-corrected chi connectivity index (χ4v) is 1.78. The van der Waals surface area contributed by atoms with Gasteiger partial charge in [0.25, 0.3) is 0 Å². The average Bonchev–Trinajstić information content (AvgIpc) is 2.68. The van der Waals surface area contributed by atoms with Crippen LogP contribution in [-0.2, 0) is 19.4 Å². The molecule has 0 heterocycles. The zero-order valence-corrected chi connectivity index (χ0v) is 17.2. The van der Waals surface area contributed by atoms with E-state index in [9.17, 15) is 97.4 Å². The molecule has 0 aliphatic carbocycles. The average molecular weight is 618 g/mol. The minimum atomic E-state index is -8.03. The van der Waals surface area contributed by atoms with Crippen LogP contribution < -0.4 is 0 Å². The lowest BCUT2D eigenvalue weighted by Crippen LogP contribution is -2.69. The predicted octanol–water partition coefficient (Wildman–Crippen LogP) is 6.38. The van der Waals surface area contributed by atoms with Gasteiger partial charge in [0.1, 0.15) is 0 Å². The van der Waals surface area contributed by atoms with Gasteiger partial charge >= 0.3 is 71.2 Å². The quantitative estimate of drug-likeness (QED) is 0.162. The number of halogens is 20. The first kappa shape index (κ1) is 35.5. The van der Waals surface area contributed by atoms with E-state index in [1.54, 1.807) is 0 Å². The van der Waals surface area contributed by atoms with E-state index in [4.69, 9.17) is 0 Å². The largest absolute Gasteiger partial charge is 0.431 e. The van der Waals surface area contributed by atoms with Crippen LogP contribution in [0.3, 0.4) is 0 Å². The number of carbonyl (C=O) groups is 2. The van der Waals surface area contributed by atoms with Crippen LogP contribution in [0.25, 0.3) is 0 Å². The number of hydrogen-bond acceptors (Lipinski definition) is 4. The maximum atomic E-state index is 13.4. The molecular weight excluding hydrogens is 612 g/mol. The van der Waals surface area contributed by atoms with Gasteiger partial charge in [-0.3, -0.25) is 0 Å². The number of carbonyl (C=O) groups excluding carboxylic acids is 2. The molecule has 0 aromatic heterocycles. The van der Waals surface area contributed by atoms with Gasteiger partial charge in [-0.25, -0.2) is 19.4 Å². The molecule has 4 nitrogen and oxygen atoms in total. The molecule has 226 valence electrons. The molecule has 0 aromatic rings. The van der Waals surface area contributed by atoms with Gasteiger partial charge in [0.15, 0.2) is 0 Å². The van der Waals surface area contributed by atoms with Crippen molar-refractivity contribution in [3.05, 3.63) is 0 Å². The summed E-state index contributed by atoms with van der Waals surface area (Å²) in [6, 6.07) is 0. The Balaban J connectivity index is 6.17. The highest BCUT2D eigenvalue weighted by molar-refractivity contribution is 5.82. The third kappa shape index (κ3) is 4.74. The first-order valence-electron chi connectivity index (χ1n) is 8.26. The summed E-state index contributed by atoms with van der Waals surface area (Å²) in [5, 5.41) is 0. The molecule has 0 aromatic carbocycles. The maximum Gasteiger partial charge on any atom is 0.431 e. The minimum Gasteiger partial charge on any atom is -0.240 e. The van der Waals surface area contributed by atoms with Gasteiger partial charge in [0, 0.05) is 13.8 Å². The molecule has 0 fully saturated rings. The van der Waals surface area contributed by atoms with Crippen LogP contribution in [-0.4, -0.2) is 71.2 Å². The van der Waals surface area contributed by atoms with Crippen molar-refractivity contribution in [2.45, 2.75) is 73.1 Å². The summed E-state index contributed by atoms with van der Waals surface area (Å²) in [6.07, 6.45) is 0. The van der Waals surface area contributed by atoms with E-state index < -0.39 is 85.0 Å². The van der Waals surface area contributed by atoms with E-state index in [0.717, 1.165) is 0 Å². The van der Waals surface area contributed by atoms with Crippen LogP contribution in [0, 0.1) is 0 Å². The fraction of sp³-hybridized carbons (Fsp3) is 0.857. The third-order valence-electron chi connectivity index (χ3n) is 4.17. The van der Waals surface area contributed by atoms with Crippen molar-refractivity contribution in [3.8, 4) is 0 Å². The molecule has 0 radical (unpaired) electrons. The smallest absolute Gasteiger partial charge is 0.240 e. The molecule has 0 atom stereocenters. The van der Waals surface area contributed by atoms with E-state index in [-0.39, 0.29) is 0 Å². The highest BCUT2D eigenvalue weighted by Crippen LogP contribution is 2.58. The molecule has 0 saturated heterocycles. The lowest BCUT2D eigenvalue weighted by Gasteiger charge is -2.37. The number of rotatable bonds is 10. The Morgan fingerprint density at radius 1 is 0.368 bits per heavy atom. The van der Waals surface area contributed by atoms with Crippen LogP contribution >= 0.6 is 0 Å². The van der Waals surface area contributed by atoms with Crippen molar-refractivity contribution in [2.75, 3.05) is 0 Å². The van der Waals surface area contributed by atoms with Crippen molar-refractivity contribution >= 4 is 11.9 Å². The fourth-order valence-electron chi connectivity index (χ4n) is 1.78. The van der Waals surface area contributed by atoms with Crippen molar-refractivity contribution < 1.29 is 107 Å². The first-order chi connectivity index (χ1) is 16.0. The number of hydrogen-bond donors (Lipinski definition) is 0. The van der Waals surface area contributed by atoms with E-state index in [2.05, 4.69) is 0 Å². The van der Waals surface area contributed by atoms with Crippen molar-refractivity contribution in [1.29, 1.82) is 0 Å². The standard InChI is InChI=1S/C14H6F20O4/c1-5(15,16)9(23,24)13(31,32)11(27,28)7(19,20)3(35)37-38-4(36)8(21,22)12(29,30)14(33,34)10(25,26)6(2,17)18/h1-2H3. The molecule has 0 rings (SSSR count). The van der Waals surface area contributed by atoms with Crippen molar-refractivity contribution in [1.82, 2.24) is 0 Å². The zero-order valence-electron chi connectivity index (χ0n) is 17.2. The Morgan fingerprint density at radius 2 is 0.553 bits per heavy atom. The summed E-state index contributed by atoms with van der Waals surface area (Å²) in [4.78, 5) is 25.7. The third-order valence-corrected chi connectivity index (χ3v) is 4.17. The second-order valence-corrected chi connectivity index (χ2v) is 7.11. The van der Waals surface area contributed by atoms with Crippen LogP contribution in [0.15, 0.2) is 0 Å². The van der Waals surface area contributed by atoms with Gasteiger partial charge in [0.05, 0.1) is 0 Å². The highest BCUT2D eigenvalue weighted by atomic mass is 19.4. The molecule has 24 heteroatoms. The molecule has 0 amide bonds. The molecule has 0 aliphatic heterocycles. The second-order valence-electron chi connectivity index (χ2n) is 7.11. The Kier molecular flexibility index (Phi) is 8.46. The molecule has 38 heavy (non-hydrogen) atoms. The van der Waals surface area contributed by atoms with Gasteiger partial charge < -0.3 is 0 Å². The number of alkyl halides is 20. The Bertz CT molecular complexity index is 838. The summed E-state index contributed by atoms with van der Waals surface area (Å²) in [5.74, 6) is -84.0. The SMILES string of the molecule is CC(F)(F)C(F)(F)C(F)(F)C(F)(F)C(F)(F)C(=O)OOC(=O)C(F)(F)C(F)(F)C(F)(F)C(F)(F)C(C)(F)F. The summed E-state index contributed by atoms with van der Waals surface area (Å²) < 4.78 is 262. The summed E-state index contributed by atoms with van der Waals surface area (Å²) >= 11 is 0. The first-order valence-corrected chi connectivity index (χ1v) is 8.26. The Hall–Kier alpha value is -2.46. The lowest BCUT2D eigenvalue weighted by atomic mass is 9.95. The van der Waals surface area contributed by atoms with Gasteiger partial charge in [-0.05, 0) is 0 Å². The summed E-state index contributed by atoms with van der Waals surface area (Å²) in [5.41, 5.74) is 0. The Morgan fingerprint density at radius 3 is 0.711 bits per heavy atom. The summed E-state index contributed by atoms with van der Waals surface area (Å²) in [6.45, 7) is -2.43. The monoisotopic (exact) mass is 618 g/mol. The van der Waals surface area contributed by atoms with E-state index >= 15 is 0 Å². The van der Waals surface area contributed by atoms with Gasteiger partial charge in [-0.2, -0.15) is 87.8 Å². The van der Waals surface area contributed by atoms with Gasteiger partial charge in [-0.1, -0.05) is 0 Å². The van der Waals surface area contributed by atoms with Crippen molar-refractivity contribution in [2.24, 2.45) is 0 Å². The molecular formula is C14H6F20O4. The highest BCUT2D eigenvalue weighted by Gasteiger charge is 2.89. The lowest BCUT2D eigenvalue weighted by molar-refractivity contribution is -0.404. The summed E-state index contributed by atoms with van der Waals surface area (Å²) in [7, 11) is 0. The van der Waals surface area contributed by atoms with Crippen LogP contribution in [0.5, 0.6) is 0 Å². The molecule has 0 N–H and O–H groups in total. The molecule has 0 spiro atoms. The van der Waals surface area contributed by atoms with Crippen LogP contribution in [0.2, 0.25) is 0 Å². The van der Waals surface area contributed by atoms with Crippen LogP contribution in [0.1, 0.15) is 13.8 Å². The molecule has 0 unspecified atom stereocenters. The molecule has 0 saturated carbocycles. The minimum absolute atomic E-state index is 1.22. The van der Waals surface area contributed by atoms with Crippen molar-refractivity contribution in [3.63, 3.8) is 0 Å². The van der Waals surface area contributed by atoms with Gasteiger partial charge in [-0.15, -0.1) is 0 Å². The van der Waals surface area contributed by atoms with E-state index in [1.165, 1.54) is 0 Å². The molecule has 0 bridgehead atoms. The van der Waals surface area contributed by atoms with E-state index in [1.807, 2.05) is 9.78 Å². The second kappa shape index (κ2) is 9.05. The zero-order chi connectivity index (χ0) is 31.6. The Labute approximate surface area is 193 Å². The molecule has 0 aliphatic rings. The van der Waals surface area contributed by atoms with Crippen LogP contribution in [0.4, 0.5) is 87.8 Å². The topological polar surface area (TPSA) is 52.6 Å². The maximum absolute atomic E-state index is 13.4.